The van der Waals surface area contributed by atoms with Crippen LogP contribution in [0.5, 0.6) is 0 Å². The SMILES string of the molecule is [C-]#[N+]c1cc(-n2c3ccccc3c3ccc(-n4c5ccccc5c5ccccc54)cc32)c(-n2c3ccccc3c3ccc(-n4c5ccccc5c5ccccc54)cc32)cc1-c1ccccc1C(F)(F)F. The molecule has 0 amide bonds. The van der Waals surface area contributed by atoms with Crippen LogP contribution in [0.1, 0.15) is 5.56 Å². The number of benzene rings is 10. The second-order valence-corrected chi connectivity index (χ2v) is 17.9. The number of nitrogens with zero attached hydrogens (tertiary/aromatic N) is 5. The Bertz CT molecular complexity index is 4450. The molecule has 0 atom stereocenters. The first-order valence-corrected chi connectivity index (χ1v) is 23.1. The second-order valence-electron chi connectivity index (χ2n) is 17.9. The van der Waals surface area contributed by atoms with Crippen molar-refractivity contribution in [3.63, 3.8) is 0 Å². The van der Waals surface area contributed by atoms with E-state index in [0.29, 0.717) is 11.4 Å². The number of para-hydroxylation sites is 6. The van der Waals surface area contributed by atoms with Crippen molar-refractivity contribution in [2.24, 2.45) is 0 Å². The highest BCUT2D eigenvalue weighted by molar-refractivity contribution is 6.15. The van der Waals surface area contributed by atoms with E-state index in [1.807, 2.05) is 30.3 Å². The van der Waals surface area contributed by atoms with Gasteiger partial charge < -0.3 is 18.3 Å². The first-order chi connectivity index (χ1) is 34.4. The normalized spacial score (nSPS) is 12.2. The van der Waals surface area contributed by atoms with Crippen LogP contribution in [0.15, 0.2) is 218 Å². The first kappa shape index (κ1) is 39.8. The van der Waals surface area contributed by atoms with Crippen LogP contribution in [0.2, 0.25) is 0 Å². The summed E-state index contributed by atoms with van der Waals surface area (Å²) in [5.74, 6) is 0. The van der Waals surface area contributed by atoms with E-state index >= 15 is 13.2 Å². The van der Waals surface area contributed by atoms with Crippen LogP contribution in [0.4, 0.5) is 18.9 Å². The van der Waals surface area contributed by atoms with E-state index in [-0.39, 0.29) is 16.8 Å². The van der Waals surface area contributed by atoms with Crippen LogP contribution in [0.3, 0.4) is 0 Å². The van der Waals surface area contributed by atoms with Crippen molar-refractivity contribution < 1.29 is 13.2 Å². The van der Waals surface area contributed by atoms with Crippen LogP contribution < -0.4 is 0 Å². The number of rotatable bonds is 5. The highest BCUT2D eigenvalue weighted by Gasteiger charge is 2.34. The van der Waals surface area contributed by atoms with E-state index in [2.05, 4.69) is 181 Å². The standard InChI is InChI=1S/C62H36F3N5/c1-66-51-37-61(70-57-29-15-8-22-46(57)48-33-31-39(35-59(48)70)68-54-26-12-5-19-43(54)44-20-6-13-27-55(44)68)60(36-49(51)40-16-2-9-23-50(40)62(63,64)65)69-56-28-14-7-21-45(56)47-32-30-38(34-58(47)69)67-52-24-10-3-17-41(52)42-18-4-11-25-53(42)67/h2-37H. The average molecular weight is 908 g/mol. The topological polar surface area (TPSA) is 24.1 Å². The van der Waals surface area contributed by atoms with Gasteiger partial charge in [0.2, 0.25) is 0 Å². The van der Waals surface area contributed by atoms with Crippen molar-refractivity contribution in [3.05, 3.63) is 235 Å². The number of aromatic nitrogens is 4. The predicted octanol–water partition coefficient (Wildman–Crippen LogP) is 17.3. The molecule has 0 aliphatic rings. The van der Waals surface area contributed by atoms with Crippen LogP contribution in [-0.4, -0.2) is 18.3 Å². The van der Waals surface area contributed by atoms with Crippen molar-refractivity contribution in [2.75, 3.05) is 0 Å². The van der Waals surface area contributed by atoms with Gasteiger partial charge in [0.1, 0.15) is 0 Å². The fourth-order valence-corrected chi connectivity index (χ4v) is 11.3. The van der Waals surface area contributed by atoms with Crippen LogP contribution in [-0.2, 0) is 6.18 Å². The van der Waals surface area contributed by atoms with Crippen LogP contribution in [0, 0.1) is 6.57 Å². The summed E-state index contributed by atoms with van der Waals surface area (Å²) >= 11 is 0. The molecule has 0 saturated carbocycles. The molecule has 0 saturated heterocycles. The summed E-state index contributed by atoms with van der Waals surface area (Å²) in [5.41, 5.74) is 10.3. The third kappa shape index (κ3) is 5.66. The molecule has 4 aromatic heterocycles. The Morgan fingerprint density at radius 3 is 1.03 bits per heavy atom. The Morgan fingerprint density at radius 1 is 0.314 bits per heavy atom. The number of hydrogen-bond acceptors (Lipinski definition) is 0. The van der Waals surface area contributed by atoms with Crippen molar-refractivity contribution in [2.45, 2.75) is 6.18 Å². The van der Waals surface area contributed by atoms with E-state index < -0.39 is 11.7 Å². The third-order valence-electron chi connectivity index (χ3n) is 14.2. The van der Waals surface area contributed by atoms with Crippen LogP contribution >= 0.6 is 0 Å². The molecule has 0 radical (unpaired) electrons. The number of fused-ring (bicyclic) bond motifs is 12. The van der Waals surface area contributed by atoms with Gasteiger partial charge >= 0.3 is 6.18 Å². The van der Waals surface area contributed by atoms with E-state index in [4.69, 9.17) is 6.57 Å². The molecule has 14 rings (SSSR count). The lowest BCUT2D eigenvalue weighted by atomic mass is 9.96. The number of hydrogen-bond donors (Lipinski definition) is 0. The van der Waals surface area contributed by atoms with Gasteiger partial charge in [-0.1, -0.05) is 140 Å². The summed E-state index contributed by atoms with van der Waals surface area (Å²) in [6, 6.07) is 72.2. The highest BCUT2D eigenvalue weighted by atomic mass is 19.4. The number of alkyl halides is 3. The Balaban J connectivity index is 1.13. The minimum atomic E-state index is -4.67. The van der Waals surface area contributed by atoms with Gasteiger partial charge in [-0.05, 0) is 90.0 Å². The number of halogens is 3. The zero-order chi connectivity index (χ0) is 46.8. The fraction of sp³-hybridized carbons (Fsp3) is 0.0161. The molecule has 70 heavy (non-hydrogen) atoms. The average Bonchev–Trinajstić information content (AvgIpc) is 4.13. The quantitative estimate of drug-likeness (QED) is 0.154. The van der Waals surface area contributed by atoms with Gasteiger partial charge in [0.25, 0.3) is 0 Å². The summed E-state index contributed by atoms with van der Waals surface area (Å²) in [4.78, 5) is 4.03. The van der Waals surface area contributed by atoms with Crippen molar-refractivity contribution in [1.82, 2.24) is 18.3 Å². The van der Waals surface area contributed by atoms with Gasteiger partial charge in [-0.25, -0.2) is 4.85 Å². The smallest absolute Gasteiger partial charge is 0.309 e. The van der Waals surface area contributed by atoms with E-state index in [1.165, 1.54) is 12.1 Å². The lowest BCUT2D eigenvalue weighted by Crippen LogP contribution is -2.08. The highest BCUT2D eigenvalue weighted by Crippen LogP contribution is 2.47. The Morgan fingerprint density at radius 2 is 0.643 bits per heavy atom. The van der Waals surface area contributed by atoms with Gasteiger partial charge in [0.15, 0.2) is 5.69 Å². The third-order valence-corrected chi connectivity index (χ3v) is 14.2. The molecular formula is C62H36F3N5. The zero-order valence-corrected chi connectivity index (χ0v) is 37.2. The molecular weight excluding hydrogens is 872 g/mol. The summed E-state index contributed by atoms with van der Waals surface area (Å²) in [6.45, 7) is 8.66. The van der Waals surface area contributed by atoms with Crippen molar-refractivity contribution in [3.8, 4) is 33.9 Å². The Labute approximate surface area is 398 Å². The monoisotopic (exact) mass is 907 g/mol. The molecule has 0 spiro atoms. The largest absolute Gasteiger partial charge is 0.416 e. The van der Waals surface area contributed by atoms with Gasteiger partial charge in [-0.3, -0.25) is 0 Å². The molecule has 10 aromatic carbocycles. The van der Waals surface area contributed by atoms with Crippen LogP contribution in [0.25, 0.3) is 126 Å². The second kappa shape index (κ2) is 14.8. The maximum Gasteiger partial charge on any atom is 0.416 e. The molecule has 0 bridgehead atoms. The van der Waals surface area contributed by atoms with E-state index in [9.17, 15) is 0 Å². The molecule has 0 N–H and O–H groups in total. The minimum Gasteiger partial charge on any atom is -0.309 e. The summed E-state index contributed by atoms with van der Waals surface area (Å²) in [6.07, 6.45) is -4.67. The van der Waals surface area contributed by atoms with E-state index in [0.717, 1.165) is 105 Å². The first-order valence-electron chi connectivity index (χ1n) is 23.1. The predicted molar refractivity (Wildman–Crippen MR) is 280 cm³/mol. The Hall–Kier alpha value is -9.32. The minimum absolute atomic E-state index is 0.0589. The van der Waals surface area contributed by atoms with Gasteiger partial charge in [0.05, 0.1) is 67.6 Å². The van der Waals surface area contributed by atoms with Crippen molar-refractivity contribution >= 4 is 92.9 Å². The van der Waals surface area contributed by atoms with Gasteiger partial charge in [-0.15, -0.1) is 0 Å². The fourth-order valence-electron chi connectivity index (χ4n) is 11.3. The molecule has 0 fully saturated rings. The lowest BCUT2D eigenvalue weighted by molar-refractivity contribution is -0.137. The molecule has 0 aliphatic heterocycles. The summed E-state index contributed by atoms with van der Waals surface area (Å²) < 4.78 is 54.2. The molecule has 14 aromatic rings. The molecule has 0 aliphatic carbocycles. The lowest BCUT2D eigenvalue weighted by Gasteiger charge is -2.21. The molecule has 5 nitrogen and oxygen atoms in total. The molecule has 0 unspecified atom stereocenters. The van der Waals surface area contributed by atoms with Gasteiger partial charge in [-0.2, -0.15) is 13.2 Å². The van der Waals surface area contributed by atoms with Crippen molar-refractivity contribution in [1.29, 1.82) is 0 Å². The molecule has 8 heteroatoms. The Kier molecular flexibility index (Phi) is 8.44. The maximum atomic E-state index is 15.1. The summed E-state index contributed by atoms with van der Waals surface area (Å²) in [7, 11) is 0. The zero-order valence-electron chi connectivity index (χ0n) is 37.2. The van der Waals surface area contributed by atoms with Gasteiger partial charge in [0, 0.05) is 54.5 Å². The maximum absolute atomic E-state index is 15.1. The molecule has 330 valence electrons. The van der Waals surface area contributed by atoms with E-state index in [1.54, 1.807) is 12.1 Å². The summed E-state index contributed by atoms with van der Waals surface area (Å²) in [5, 5.41) is 8.52. The molecule has 4 heterocycles.